The summed E-state index contributed by atoms with van der Waals surface area (Å²) in [5, 5.41) is 18.8. The van der Waals surface area contributed by atoms with Crippen molar-refractivity contribution in [1.82, 2.24) is 0 Å². The highest BCUT2D eigenvalue weighted by molar-refractivity contribution is 6.06. The van der Waals surface area contributed by atoms with Gasteiger partial charge in [-0.3, -0.25) is 0 Å². The van der Waals surface area contributed by atoms with Crippen LogP contribution in [0.3, 0.4) is 0 Å². The molecule has 27 heavy (non-hydrogen) atoms. The minimum Gasteiger partial charge on any atom is -0.478 e. The number of carboxylic acids is 2. The molecule has 0 aliphatic rings. The molecule has 0 radical (unpaired) electrons. The standard InChI is InChI=1S/C23H28O4/c1-2-3-4-5-6-7-8-11-17-12-9-13-18(16-17)19-14-10-15-20(22(24)25)21(19)23(26)27/h9-10,12-16H,2-8,11H2,1H3,(H,24,25)(H,26,27). The molecular weight excluding hydrogens is 340 g/mol. The summed E-state index contributed by atoms with van der Waals surface area (Å²) in [6.07, 6.45) is 9.67. The van der Waals surface area contributed by atoms with Gasteiger partial charge in [0.2, 0.25) is 0 Å². The Kier molecular flexibility index (Phi) is 8.05. The van der Waals surface area contributed by atoms with E-state index in [2.05, 4.69) is 6.92 Å². The molecular formula is C23H28O4. The fourth-order valence-electron chi connectivity index (χ4n) is 3.38. The first kappa shape index (κ1) is 20.7. The molecule has 0 aromatic heterocycles. The van der Waals surface area contributed by atoms with Crippen LogP contribution in [0, 0.1) is 0 Å². The maximum Gasteiger partial charge on any atom is 0.337 e. The van der Waals surface area contributed by atoms with E-state index in [0.29, 0.717) is 5.56 Å². The van der Waals surface area contributed by atoms with Crippen molar-refractivity contribution < 1.29 is 19.8 Å². The van der Waals surface area contributed by atoms with E-state index in [9.17, 15) is 19.8 Å². The predicted molar refractivity (Wildman–Crippen MR) is 107 cm³/mol. The van der Waals surface area contributed by atoms with Gasteiger partial charge in [-0.05, 0) is 35.6 Å². The summed E-state index contributed by atoms with van der Waals surface area (Å²) in [4.78, 5) is 23.0. The van der Waals surface area contributed by atoms with Crippen LogP contribution in [0.2, 0.25) is 0 Å². The zero-order chi connectivity index (χ0) is 19.6. The van der Waals surface area contributed by atoms with Gasteiger partial charge in [0.05, 0.1) is 11.1 Å². The van der Waals surface area contributed by atoms with Gasteiger partial charge in [0.15, 0.2) is 0 Å². The first-order valence-electron chi connectivity index (χ1n) is 9.73. The topological polar surface area (TPSA) is 74.6 Å². The molecule has 0 bridgehead atoms. The molecule has 0 aliphatic heterocycles. The molecule has 144 valence electrons. The quantitative estimate of drug-likeness (QED) is 0.474. The second-order valence-corrected chi connectivity index (χ2v) is 6.91. The lowest BCUT2D eigenvalue weighted by Gasteiger charge is -2.11. The van der Waals surface area contributed by atoms with Crippen molar-refractivity contribution in [2.45, 2.75) is 58.3 Å². The van der Waals surface area contributed by atoms with Crippen molar-refractivity contribution in [3.05, 3.63) is 59.2 Å². The van der Waals surface area contributed by atoms with Crippen molar-refractivity contribution in [3.63, 3.8) is 0 Å². The van der Waals surface area contributed by atoms with Crippen LogP contribution < -0.4 is 0 Å². The van der Waals surface area contributed by atoms with Crippen molar-refractivity contribution in [3.8, 4) is 11.1 Å². The molecule has 2 aromatic carbocycles. The number of carbonyl (C=O) groups is 2. The van der Waals surface area contributed by atoms with E-state index in [1.54, 1.807) is 12.1 Å². The molecule has 0 unspecified atom stereocenters. The summed E-state index contributed by atoms with van der Waals surface area (Å²) in [6, 6.07) is 12.4. The largest absolute Gasteiger partial charge is 0.478 e. The zero-order valence-corrected chi connectivity index (χ0v) is 15.9. The summed E-state index contributed by atoms with van der Waals surface area (Å²) < 4.78 is 0. The number of carboxylic acid groups (broad SMARTS) is 2. The average molecular weight is 368 g/mol. The third kappa shape index (κ3) is 5.95. The first-order valence-corrected chi connectivity index (χ1v) is 9.73. The van der Waals surface area contributed by atoms with Crippen molar-refractivity contribution in [1.29, 1.82) is 0 Å². The number of aromatic carboxylic acids is 2. The zero-order valence-electron chi connectivity index (χ0n) is 15.9. The van der Waals surface area contributed by atoms with Gasteiger partial charge >= 0.3 is 11.9 Å². The molecule has 2 aromatic rings. The lowest BCUT2D eigenvalue weighted by molar-refractivity contribution is 0.0652. The van der Waals surface area contributed by atoms with Crippen molar-refractivity contribution >= 4 is 11.9 Å². The molecule has 0 fully saturated rings. The summed E-state index contributed by atoms with van der Waals surface area (Å²) in [5.74, 6) is -2.45. The van der Waals surface area contributed by atoms with Gasteiger partial charge in [0.1, 0.15) is 0 Å². The number of aryl methyl sites for hydroxylation is 1. The monoisotopic (exact) mass is 368 g/mol. The third-order valence-corrected chi connectivity index (χ3v) is 4.82. The molecule has 0 heterocycles. The highest BCUT2D eigenvalue weighted by Gasteiger charge is 2.20. The van der Waals surface area contributed by atoms with E-state index in [-0.39, 0.29) is 11.1 Å². The van der Waals surface area contributed by atoms with Gasteiger partial charge in [-0.2, -0.15) is 0 Å². The Balaban J connectivity index is 2.10. The number of benzene rings is 2. The molecule has 2 rings (SSSR count). The summed E-state index contributed by atoms with van der Waals surface area (Å²) in [7, 11) is 0. The molecule has 0 spiro atoms. The van der Waals surface area contributed by atoms with Gasteiger partial charge in [0.25, 0.3) is 0 Å². The molecule has 0 aliphatic carbocycles. The highest BCUT2D eigenvalue weighted by atomic mass is 16.4. The predicted octanol–water partition coefficient (Wildman–Crippen LogP) is 6.04. The molecule has 0 atom stereocenters. The Morgan fingerprint density at radius 1 is 0.815 bits per heavy atom. The van der Waals surface area contributed by atoms with E-state index in [4.69, 9.17) is 0 Å². The minimum absolute atomic E-state index is 0.155. The van der Waals surface area contributed by atoms with Crippen molar-refractivity contribution in [2.75, 3.05) is 0 Å². The normalized spacial score (nSPS) is 10.7. The van der Waals surface area contributed by atoms with Gasteiger partial charge < -0.3 is 10.2 Å². The van der Waals surface area contributed by atoms with Gasteiger partial charge in [0, 0.05) is 0 Å². The minimum atomic E-state index is -1.23. The molecule has 0 amide bonds. The fourth-order valence-corrected chi connectivity index (χ4v) is 3.38. The molecule has 2 N–H and O–H groups in total. The Morgan fingerprint density at radius 2 is 1.48 bits per heavy atom. The molecule has 0 saturated heterocycles. The Bertz CT molecular complexity index is 780. The van der Waals surface area contributed by atoms with Crippen LogP contribution in [0.4, 0.5) is 0 Å². The van der Waals surface area contributed by atoms with Crippen LogP contribution in [-0.4, -0.2) is 22.2 Å². The number of rotatable bonds is 11. The van der Waals surface area contributed by atoms with E-state index in [1.165, 1.54) is 44.6 Å². The second-order valence-electron chi connectivity index (χ2n) is 6.91. The second kappa shape index (κ2) is 10.5. The summed E-state index contributed by atoms with van der Waals surface area (Å²) in [6.45, 7) is 2.22. The highest BCUT2D eigenvalue weighted by Crippen LogP contribution is 2.28. The third-order valence-electron chi connectivity index (χ3n) is 4.82. The SMILES string of the molecule is CCCCCCCCCc1cccc(-c2cccc(C(=O)O)c2C(=O)O)c1. The van der Waals surface area contributed by atoms with Gasteiger partial charge in [-0.15, -0.1) is 0 Å². The molecule has 4 nitrogen and oxygen atoms in total. The Hall–Kier alpha value is -2.62. The van der Waals surface area contributed by atoms with Gasteiger partial charge in [-0.25, -0.2) is 9.59 Å². The van der Waals surface area contributed by atoms with E-state index >= 15 is 0 Å². The van der Waals surface area contributed by atoms with E-state index in [1.807, 2.05) is 24.3 Å². The van der Waals surface area contributed by atoms with Crippen LogP contribution in [0.1, 0.15) is 78.1 Å². The van der Waals surface area contributed by atoms with Crippen LogP contribution in [0.15, 0.2) is 42.5 Å². The van der Waals surface area contributed by atoms with E-state index in [0.717, 1.165) is 24.0 Å². The number of hydrogen-bond donors (Lipinski definition) is 2. The molecule has 0 saturated carbocycles. The lowest BCUT2D eigenvalue weighted by Crippen LogP contribution is -2.09. The summed E-state index contributed by atoms with van der Waals surface area (Å²) in [5.41, 5.74) is 2.01. The number of unbranched alkanes of at least 4 members (excludes halogenated alkanes) is 6. The smallest absolute Gasteiger partial charge is 0.337 e. The Labute approximate surface area is 160 Å². The number of hydrogen-bond acceptors (Lipinski definition) is 2. The van der Waals surface area contributed by atoms with Crippen LogP contribution >= 0.6 is 0 Å². The lowest BCUT2D eigenvalue weighted by atomic mass is 9.93. The average Bonchev–Trinajstić information content (AvgIpc) is 2.66. The fraction of sp³-hybridized carbons (Fsp3) is 0.391. The Morgan fingerprint density at radius 3 is 2.15 bits per heavy atom. The maximum absolute atomic E-state index is 11.7. The maximum atomic E-state index is 11.7. The first-order chi connectivity index (χ1) is 13.0. The summed E-state index contributed by atoms with van der Waals surface area (Å²) >= 11 is 0. The van der Waals surface area contributed by atoms with E-state index < -0.39 is 11.9 Å². The van der Waals surface area contributed by atoms with Crippen LogP contribution in [0.25, 0.3) is 11.1 Å². The van der Waals surface area contributed by atoms with Crippen molar-refractivity contribution in [2.24, 2.45) is 0 Å². The van der Waals surface area contributed by atoms with Crippen LogP contribution in [-0.2, 0) is 6.42 Å². The van der Waals surface area contributed by atoms with Crippen LogP contribution in [0.5, 0.6) is 0 Å². The molecule has 4 heteroatoms. The van der Waals surface area contributed by atoms with Gasteiger partial charge in [-0.1, -0.05) is 81.8 Å².